The lowest BCUT2D eigenvalue weighted by atomic mass is 9.80. The number of carbonyl (C=O) groups excluding carboxylic acids is 4. The van der Waals surface area contributed by atoms with Gasteiger partial charge in [-0.05, 0) is 49.2 Å². The van der Waals surface area contributed by atoms with Crippen molar-refractivity contribution >= 4 is 81.5 Å². The van der Waals surface area contributed by atoms with Gasteiger partial charge < -0.3 is 10.1 Å². The van der Waals surface area contributed by atoms with E-state index in [0.29, 0.717) is 23.6 Å². The molecular weight excluding hydrogens is 526 g/mol. The lowest BCUT2D eigenvalue weighted by Crippen LogP contribution is -2.34. The van der Waals surface area contributed by atoms with Crippen LogP contribution < -0.4 is 10.2 Å². The predicted molar refractivity (Wildman–Crippen MR) is 130 cm³/mol. The number of carbonyl (C=O) groups is 4. The van der Waals surface area contributed by atoms with Crippen LogP contribution in [0.2, 0.25) is 10.0 Å². The molecule has 0 spiro atoms. The molecule has 0 bridgehead atoms. The SMILES string of the molecule is O=C(COC(=O)c1cccc(N2C(=O)[C@H]3C[C@H](Cl)[C@@H](Cl)C[C@H]3C2=O)c1)Nc1ccc(Cl)c(Cl)c1. The van der Waals surface area contributed by atoms with Gasteiger partial charge in [0.15, 0.2) is 6.61 Å². The van der Waals surface area contributed by atoms with Crippen molar-refractivity contribution in [2.75, 3.05) is 16.8 Å². The zero-order chi connectivity index (χ0) is 24.6. The number of imide groups is 1. The minimum atomic E-state index is -0.788. The standard InChI is InChI=1S/C23H18Cl4N2O5/c24-16-5-4-12(7-17(16)25)28-20(30)10-34-23(33)11-2-1-3-13(6-11)29-21(31)14-8-18(26)19(27)9-15(14)22(29)32/h1-7,14-15,18-19H,8-10H2,(H,28,30)/t14-,15+,18-,19-/m0/s1. The Morgan fingerprint density at radius 1 is 0.941 bits per heavy atom. The molecule has 0 radical (unpaired) electrons. The minimum absolute atomic E-state index is 0.0840. The molecule has 4 atom stereocenters. The van der Waals surface area contributed by atoms with Gasteiger partial charge in [0, 0.05) is 5.69 Å². The van der Waals surface area contributed by atoms with E-state index in [1.165, 1.54) is 30.3 Å². The second kappa shape index (κ2) is 10.1. The van der Waals surface area contributed by atoms with E-state index in [4.69, 9.17) is 51.1 Å². The fourth-order valence-electron chi connectivity index (χ4n) is 4.11. The van der Waals surface area contributed by atoms with Gasteiger partial charge in [0.2, 0.25) is 11.8 Å². The molecule has 1 aliphatic carbocycles. The fraction of sp³-hybridized carbons (Fsp3) is 0.304. The Balaban J connectivity index is 1.41. The molecule has 0 unspecified atom stereocenters. The van der Waals surface area contributed by atoms with Crippen molar-refractivity contribution in [3.05, 3.63) is 58.1 Å². The molecule has 2 aromatic rings. The van der Waals surface area contributed by atoms with Crippen LogP contribution in [0.5, 0.6) is 0 Å². The van der Waals surface area contributed by atoms with Crippen molar-refractivity contribution < 1.29 is 23.9 Å². The van der Waals surface area contributed by atoms with Crippen LogP contribution in [0.4, 0.5) is 11.4 Å². The second-order valence-electron chi connectivity index (χ2n) is 8.03. The zero-order valence-electron chi connectivity index (χ0n) is 17.5. The molecule has 1 saturated heterocycles. The van der Waals surface area contributed by atoms with E-state index < -0.39 is 41.1 Å². The van der Waals surface area contributed by atoms with Crippen LogP contribution >= 0.6 is 46.4 Å². The quantitative estimate of drug-likeness (QED) is 0.329. The number of nitrogens with one attached hydrogen (secondary N) is 1. The first-order valence-corrected chi connectivity index (χ1v) is 12.0. The van der Waals surface area contributed by atoms with Gasteiger partial charge in [0.05, 0.1) is 43.9 Å². The normalized spacial score (nSPS) is 24.1. The number of anilines is 2. The maximum absolute atomic E-state index is 12.9. The first-order chi connectivity index (χ1) is 16.2. The Bertz CT molecular complexity index is 1150. The van der Waals surface area contributed by atoms with Gasteiger partial charge in [-0.2, -0.15) is 0 Å². The first-order valence-electron chi connectivity index (χ1n) is 10.3. The zero-order valence-corrected chi connectivity index (χ0v) is 20.5. The summed E-state index contributed by atoms with van der Waals surface area (Å²) in [6.07, 6.45) is 0.633. The summed E-state index contributed by atoms with van der Waals surface area (Å²) in [5, 5.41) is 2.36. The number of nitrogens with zero attached hydrogens (tertiary/aromatic N) is 1. The molecule has 4 rings (SSSR count). The number of ether oxygens (including phenoxy) is 1. The fourth-order valence-corrected chi connectivity index (χ4v) is 4.99. The summed E-state index contributed by atoms with van der Waals surface area (Å²) < 4.78 is 5.08. The average molecular weight is 544 g/mol. The van der Waals surface area contributed by atoms with Crippen LogP contribution in [0.1, 0.15) is 23.2 Å². The number of halogens is 4. The van der Waals surface area contributed by atoms with Crippen LogP contribution in [0.15, 0.2) is 42.5 Å². The van der Waals surface area contributed by atoms with Crippen molar-refractivity contribution in [1.82, 2.24) is 0 Å². The lowest BCUT2D eigenvalue weighted by Gasteiger charge is -2.28. The summed E-state index contributed by atoms with van der Waals surface area (Å²) in [5.74, 6) is -3.17. The van der Waals surface area contributed by atoms with E-state index in [1.807, 2.05) is 0 Å². The Labute approximate surface area is 215 Å². The number of hydrogen-bond acceptors (Lipinski definition) is 5. The molecule has 2 fully saturated rings. The minimum Gasteiger partial charge on any atom is -0.452 e. The maximum Gasteiger partial charge on any atom is 0.338 e. The van der Waals surface area contributed by atoms with Gasteiger partial charge in [0.1, 0.15) is 0 Å². The Hall–Kier alpha value is -2.32. The molecule has 7 nitrogen and oxygen atoms in total. The van der Waals surface area contributed by atoms with Gasteiger partial charge in [-0.1, -0.05) is 29.3 Å². The molecule has 178 valence electrons. The number of esters is 1. The highest BCUT2D eigenvalue weighted by Gasteiger charge is 2.52. The maximum atomic E-state index is 12.9. The molecule has 0 aromatic heterocycles. The van der Waals surface area contributed by atoms with Crippen molar-refractivity contribution in [3.8, 4) is 0 Å². The van der Waals surface area contributed by atoms with Crippen LogP contribution in [-0.2, 0) is 19.1 Å². The summed E-state index contributed by atoms with van der Waals surface area (Å²) >= 11 is 24.2. The summed E-state index contributed by atoms with van der Waals surface area (Å²) in [6.45, 7) is -0.552. The van der Waals surface area contributed by atoms with Gasteiger partial charge in [-0.25, -0.2) is 4.79 Å². The molecule has 1 aliphatic heterocycles. The van der Waals surface area contributed by atoms with Gasteiger partial charge >= 0.3 is 5.97 Å². The molecule has 34 heavy (non-hydrogen) atoms. The number of alkyl halides is 2. The molecule has 11 heteroatoms. The third-order valence-electron chi connectivity index (χ3n) is 5.79. The van der Waals surface area contributed by atoms with E-state index in [1.54, 1.807) is 12.1 Å². The third kappa shape index (κ3) is 5.03. The highest BCUT2D eigenvalue weighted by molar-refractivity contribution is 6.42. The van der Waals surface area contributed by atoms with Crippen LogP contribution in [0.3, 0.4) is 0 Å². The summed E-state index contributed by atoms with van der Waals surface area (Å²) in [4.78, 5) is 51.6. The van der Waals surface area contributed by atoms with Crippen LogP contribution in [0.25, 0.3) is 0 Å². The highest BCUT2D eigenvalue weighted by Crippen LogP contribution is 2.43. The van der Waals surface area contributed by atoms with Gasteiger partial charge in [-0.15, -0.1) is 23.2 Å². The third-order valence-corrected chi connectivity index (χ3v) is 7.62. The Morgan fingerprint density at radius 3 is 2.21 bits per heavy atom. The average Bonchev–Trinajstić information content (AvgIpc) is 3.04. The predicted octanol–water partition coefficient (Wildman–Crippen LogP) is 4.90. The van der Waals surface area contributed by atoms with Crippen LogP contribution in [0, 0.1) is 11.8 Å². The summed E-state index contributed by atoms with van der Waals surface area (Å²) in [6, 6.07) is 10.5. The van der Waals surface area contributed by atoms with Crippen LogP contribution in [-0.4, -0.2) is 41.1 Å². The molecule has 1 saturated carbocycles. The topological polar surface area (TPSA) is 92.8 Å². The molecule has 1 heterocycles. The van der Waals surface area contributed by atoms with Crippen molar-refractivity contribution in [2.24, 2.45) is 11.8 Å². The van der Waals surface area contributed by atoms with E-state index in [-0.39, 0.29) is 28.1 Å². The van der Waals surface area contributed by atoms with Crippen molar-refractivity contribution in [1.29, 1.82) is 0 Å². The molecule has 1 N–H and O–H groups in total. The molecule has 2 aromatic carbocycles. The Morgan fingerprint density at radius 2 is 1.59 bits per heavy atom. The van der Waals surface area contributed by atoms with E-state index >= 15 is 0 Å². The van der Waals surface area contributed by atoms with E-state index in [2.05, 4.69) is 5.32 Å². The number of amides is 3. The van der Waals surface area contributed by atoms with Crippen molar-refractivity contribution in [2.45, 2.75) is 23.6 Å². The summed E-state index contributed by atoms with van der Waals surface area (Å²) in [5.41, 5.74) is 0.723. The van der Waals surface area contributed by atoms with Gasteiger partial charge in [0.25, 0.3) is 5.91 Å². The second-order valence-corrected chi connectivity index (χ2v) is 9.97. The highest BCUT2D eigenvalue weighted by atomic mass is 35.5. The number of fused-ring (bicyclic) bond motifs is 1. The lowest BCUT2D eigenvalue weighted by molar-refractivity contribution is -0.122. The molecule has 2 aliphatic rings. The largest absolute Gasteiger partial charge is 0.452 e. The smallest absolute Gasteiger partial charge is 0.338 e. The first kappa shape index (κ1) is 24.8. The van der Waals surface area contributed by atoms with E-state index in [9.17, 15) is 19.2 Å². The number of rotatable bonds is 5. The Kier molecular flexibility index (Phi) is 7.38. The van der Waals surface area contributed by atoms with Crippen molar-refractivity contribution in [3.63, 3.8) is 0 Å². The van der Waals surface area contributed by atoms with Gasteiger partial charge in [-0.3, -0.25) is 19.3 Å². The molecular formula is C23H18Cl4N2O5. The number of hydrogen-bond donors (Lipinski definition) is 1. The monoisotopic (exact) mass is 542 g/mol. The summed E-state index contributed by atoms with van der Waals surface area (Å²) in [7, 11) is 0. The van der Waals surface area contributed by atoms with E-state index in [0.717, 1.165) is 4.90 Å². The number of benzene rings is 2. The molecule has 3 amide bonds.